The van der Waals surface area contributed by atoms with Crippen molar-refractivity contribution < 1.29 is 4.79 Å². The average Bonchev–Trinajstić information content (AvgIpc) is 2.65. The van der Waals surface area contributed by atoms with Crippen molar-refractivity contribution in [1.29, 1.82) is 0 Å². The van der Waals surface area contributed by atoms with Crippen molar-refractivity contribution >= 4 is 28.7 Å². The molecule has 1 heterocycles. The van der Waals surface area contributed by atoms with Crippen LogP contribution >= 0.6 is 22.9 Å². The molecule has 0 radical (unpaired) electrons. The topological polar surface area (TPSA) is 30.0 Å². The van der Waals surface area contributed by atoms with Gasteiger partial charge in [-0.3, -0.25) is 4.79 Å². The Balaban J connectivity index is 2.54. The molecule has 2 nitrogen and oxygen atoms in total. The maximum Gasteiger partial charge on any atom is 0.179 e. The third-order valence-corrected chi connectivity index (χ3v) is 3.10. The minimum atomic E-state index is -0.0220. The molecule has 0 bridgehead atoms. The van der Waals surface area contributed by atoms with E-state index in [9.17, 15) is 4.79 Å². The van der Waals surface area contributed by atoms with E-state index < -0.39 is 0 Å². The van der Waals surface area contributed by atoms with Crippen LogP contribution in [0.3, 0.4) is 0 Å². The summed E-state index contributed by atoms with van der Waals surface area (Å²) < 4.78 is 0. The third-order valence-electron chi connectivity index (χ3n) is 1.99. The van der Waals surface area contributed by atoms with Crippen molar-refractivity contribution in [2.24, 2.45) is 0 Å². The van der Waals surface area contributed by atoms with Crippen LogP contribution in [0.25, 0.3) is 10.4 Å². The maximum atomic E-state index is 11.3. The summed E-state index contributed by atoms with van der Waals surface area (Å²) in [5.74, 6) is -0.0220. The SMILES string of the molecule is CC(=O)c1ncsc1-c1cccc(Cl)c1. The molecule has 1 aromatic heterocycles. The molecule has 0 saturated carbocycles. The highest BCUT2D eigenvalue weighted by molar-refractivity contribution is 7.13. The molecule has 76 valence electrons. The normalized spacial score (nSPS) is 10.3. The standard InChI is InChI=1S/C11H8ClNOS/c1-7(14)10-11(15-6-13-10)8-3-2-4-9(12)5-8/h2-6H,1H3. The second kappa shape index (κ2) is 4.13. The lowest BCUT2D eigenvalue weighted by Crippen LogP contribution is -1.94. The maximum absolute atomic E-state index is 11.3. The summed E-state index contributed by atoms with van der Waals surface area (Å²) in [6, 6.07) is 7.42. The molecule has 0 spiro atoms. The van der Waals surface area contributed by atoms with Crippen LogP contribution in [0.4, 0.5) is 0 Å². The number of thiazole rings is 1. The first-order valence-electron chi connectivity index (χ1n) is 4.39. The Morgan fingerprint density at radius 1 is 1.47 bits per heavy atom. The summed E-state index contributed by atoms with van der Waals surface area (Å²) in [5, 5.41) is 0.662. The molecule has 0 aliphatic rings. The van der Waals surface area contributed by atoms with Gasteiger partial charge in [-0.15, -0.1) is 11.3 Å². The van der Waals surface area contributed by atoms with E-state index in [0.29, 0.717) is 10.7 Å². The first-order chi connectivity index (χ1) is 7.18. The lowest BCUT2D eigenvalue weighted by molar-refractivity contribution is 0.101. The Hall–Kier alpha value is -1.19. The molecular weight excluding hydrogens is 230 g/mol. The zero-order chi connectivity index (χ0) is 10.8. The molecule has 1 aromatic carbocycles. The van der Waals surface area contributed by atoms with Gasteiger partial charge in [0.2, 0.25) is 0 Å². The van der Waals surface area contributed by atoms with Gasteiger partial charge in [-0.1, -0.05) is 23.7 Å². The Kier molecular flexibility index (Phi) is 2.84. The molecular formula is C11H8ClNOS. The van der Waals surface area contributed by atoms with Gasteiger partial charge in [-0.25, -0.2) is 4.98 Å². The van der Waals surface area contributed by atoms with E-state index in [4.69, 9.17) is 11.6 Å². The van der Waals surface area contributed by atoms with Crippen LogP contribution in [0, 0.1) is 0 Å². The number of aromatic nitrogens is 1. The minimum absolute atomic E-state index is 0.0220. The number of hydrogen-bond acceptors (Lipinski definition) is 3. The number of carbonyl (C=O) groups excluding carboxylic acids is 1. The molecule has 15 heavy (non-hydrogen) atoms. The van der Waals surface area contributed by atoms with Crippen LogP contribution in [-0.4, -0.2) is 10.8 Å². The molecule has 0 unspecified atom stereocenters. The lowest BCUT2D eigenvalue weighted by atomic mass is 10.1. The monoisotopic (exact) mass is 237 g/mol. The fourth-order valence-electron chi connectivity index (χ4n) is 1.33. The minimum Gasteiger partial charge on any atom is -0.293 e. The molecule has 0 N–H and O–H groups in total. The molecule has 2 rings (SSSR count). The quantitative estimate of drug-likeness (QED) is 0.746. The van der Waals surface area contributed by atoms with Crippen LogP contribution in [0.15, 0.2) is 29.8 Å². The number of nitrogens with zero attached hydrogens (tertiary/aromatic N) is 1. The summed E-state index contributed by atoms with van der Waals surface area (Å²) in [6.07, 6.45) is 0. The molecule has 4 heteroatoms. The van der Waals surface area contributed by atoms with E-state index in [1.807, 2.05) is 18.2 Å². The summed E-state index contributed by atoms with van der Waals surface area (Å²) >= 11 is 7.34. The predicted molar refractivity (Wildman–Crippen MR) is 62.6 cm³/mol. The smallest absolute Gasteiger partial charge is 0.179 e. The van der Waals surface area contributed by atoms with Gasteiger partial charge in [0.15, 0.2) is 5.78 Å². The Bertz CT molecular complexity index is 507. The molecule has 0 saturated heterocycles. The first-order valence-corrected chi connectivity index (χ1v) is 5.64. The molecule has 0 aliphatic heterocycles. The van der Waals surface area contributed by atoms with Crippen molar-refractivity contribution in [3.8, 4) is 10.4 Å². The zero-order valence-electron chi connectivity index (χ0n) is 8.03. The second-order valence-corrected chi connectivity index (χ2v) is 4.39. The van der Waals surface area contributed by atoms with E-state index in [-0.39, 0.29) is 5.78 Å². The highest BCUT2D eigenvalue weighted by Gasteiger charge is 2.12. The fraction of sp³-hybridized carbons (Fsp3) is 0.0909. The molecule has 0 amide bonds. The van der Waals surface area contributed by atoms with Crippen molar-refractivity contribution in [2.45, 2.75) is 6.92 Å². The van der Waals surface area contributed by atoms with E-state index in [2.05, 4.69) is 4.98 Å². The van der Waals surface area contributed by atoms with Gasteiger partial charge < -0.3 is 0 Å². The number of carbonyl (C=O) groups is 1. The Morgan fingerprint density at radius 3 is 2.93 bits per heavy atom. The van der Waals surface area contributed by atoms with Crippen molar-refractivity contribution in [3.63, 3.8) is 0 Å². The van der Waals surface area contributed by atoms with Gasteiger partial charge in [-0.2, -0.15) is 0 Å². The van der Waals surface area contributed by atoms with Crippen LogP contribution in [0.1, 0.15) is 17.4 Å². The van der Waals surface area contributed by atoms with E-state index in [1.54, 1.807) is 11.6 Å². The van der Waals surface area contributed by atoms with Crippen molar-refractivity contribution in [1.82, 2.24) is 4.98 Å². The summed E-state index contributed by atoms with van der Waals surface area (Å²) in [6.45, 7) is 1.52. The third kappa shape index (κ3) is 2.08. The van der Waals surface area contributed by atoms with Crippen molar-refractivity contribution in [2.75, 3.05) is 0 Å². The number of halogens is 1. The highest BCUT2D eigenvalue weighted by Crippen LogP contribution is 2.29. The largest absolute Gasteiger partial charge is 0.293 e. The average molecular weight is 238 g/mol. The van der Waals surface area contributed by atoms with E-state index in [0.717, 1.165) is 10.4 Å². The summed E-state index contributed by atoms with van der Waals surface area (Å²) in [4.78, 5) is 16.2. The van der Waals surface area contributed by atoms with Gasteiger partial charge in [0.05, 0.1) is 10.4 Å². The van der Waals surface area contributed by atoms with Gasteiger partial charge in [-0.05, 0) is 17.7 Å². The molecule has 0 atom stereocenters. The number of benzene rings is 1. The molecule has 2 aromatic rings. The summed E-state index contributed by atoms with van der Waals surface area (Å²) in [7, 11) is 0. The molecule has 0 fully saturated rings. The van der Waals surface area contributed by atoms with Crippen LogP contribution in [-0.2, 0) is 0 Å². The lowest BCUT2D eigenvalue weighted by Gasteiger charge is -1.99. The number of rotatable bonds is 2. The Morgan fingerprint density at radius 2 is 2.27 bits per heavy atom. The van der Waals surface area contributed by atoms with E-state index in [1.165, 1.54) is 18.3 Å². The first kappa shape index (κ1) is 10.3. The van der Waals surface area contributed by atoms with Gasteiger partial charge >= 0.3 is 0 Å². The van der Waals surface area contributed by atoms with Crippen molar-refractivity contribution in [3.05, 3.63) is 40.5 Å². The highest BCUT2D eigenvalue weighted by atomic mass is 35.5. The van der Waals surface area contributed by atoms with Gasteiger partial charge in [0.1, 0.15) is 5.69 Å². The second-order valence-electron chi connectivity index (χ2n) is 3.10. The van der Waals surface area contributed by atoms with E-state index >= 15 is 0 Å². The van der Waals surface area contributed by atoms with Crippen LogP contribution in [0.2, 0.25) is 5.02 Å². The number of hydrogen-bond donors (Lipinski definition) is 0. The fourth-order valence-corrected chi connectivity index (χ4v) is 2.36. The zero-order valence-corrected chi connectivity index (χ0v) is 9.60. The van der Waals surface area contributed by atoms with Gasteiger partial charge in [0, 0.05) is 11.9 Å². The van der Waals surface area contributed by atoms with Crippen LogP contribution in [0.5, 0.6) is 0 Å². The summed E-state index contributed by atoms with van der Waals surface area (Å²) in [5.41, 5.74) is 3.13. The number of Topliss-reactive ketones (excluding diaryl/α,β-unsaturated/α-hetero) is 1. The Labute approximate surface area is 96.5 Å². The van der Waals surface area contributed by atoms with Crippen LogP contribution < -0.4 is 0 Å². The number of ketones is 1. The van der Waals surface area contributed by atoms with Gasteiger partial charge in [0.25, 0.3) is 0 Å². The predicted octanol–water partition coefficient (Wildman–Crippen LogP) is 3.67. The molecule has 0 aliphatic carbocycles.